The van der Waals surface area contributed by atoms with E-state index in [1.165, 1.54) is 0 Å². The lowest BCUT2D eigenvalue weighted by molar-refractivity contribution is 0.203. The fourth-order valence-corrected chi connectivity index (χ4v) is 1.86. The van der Waals surface area contributed by atoms with Crippen LogP contribution in [0, 0.1) is 0 Å². The van der Waals surface area contributed by atoms with E-state index >= 15 is 0 Å². The molecular formula is C6H14BNO3S3. The summed E-state index contributed by atoms with van der Waals surface area (Å²) in [6.45, 7) is 0.541. The van der Waals surface area contributed by atoms with Gasteiger partial charge in [0.25, 0.3) is 5.24 Å². The van der Waals surface area contributed by atoms with E-state index in [9.17, 15) is 9.82 Å². The van der Waals surface area contributed by atoms with Crippen molar-refractivity contribution < 1.29 is 14.5 Å². The van der Waals surface area contributed by atoms with Gasteiger partial charge in [0, 0.05) is 6.61 Å². The fraction of sp³-hybridized carbons (Fsp3) is 0.833. The van der Waals surface area contributed by atoms with Crippen molar-refractivity contribution >= 4 is 43.8 Å². The molecule has 1 rings (SSSR count). The van der Waals surface area contributed by atoms with Crippen LogP contribution in [-0.2, 0) is 4.65 Å². The van der Waals surface area contributed by atoms with Crippen LogP contribution >= 0.6 is 31.4 Å². The molecule has 0 aromatic rings. The molecule has 1 atom stereocenters. The highest BCUT2D eigenvalue weighted by atomic mass is 33.5. The van der Waals surface area contributed by atoms with Crippen molar-refractivity contribution in [1.82, 2.24) is 5.32 Å². The smallest absolute Gasteiger partial charge is 0.426 e. The molecule has 0 aliphatic carbocycles. The summed E-state index contributed by atoms with van der Waals surface area (Å²) in [5, 5.41) is 11.8. The lowest BCUT2D eigenvalue weighted by atomic mass is 9.74. The van der Waals surface area contributed by atoms with Crippen molar-refractivity contribution in [3.8, 4) is 0 Å². The Labute approximate surface area is 95.2 Å². The molecule has 1 amide bonds. The number of hydrogen-bond acceptors (Lipinski definition) is 5. The molecule has 8 heteroatoms. The molecular weight excluding hydrogens is 241 g/mol. The topological polar surface area (TPSA) is 58.6 Å². The van der Waals surface area contributed by atoms with Gasteiger partial charge >= 0.3 is 7.12 Å². The fourth-order valence-electron chi connectivity index (χ4n) is 1.17. The van der Waals surface area contributed by atoms with Crippen molar-refractivity contribution in [2.45, 2.75) is 18.8 Å². The third kappa shape index (κ3) is 3.58. The van der Waals surface area contributed by atoms with Crippen molar-refractivity contribution in [2.75, 3.05) is 12.9 Å². The van der Waals surface area contributed by atoms with Gasteiger partial charge in [-0.1, -0.05) is 8.09 Å². The maximum absolute atomic E-state index is 11.5. The molecule has 1 heterocycles. The van der Waals surface area contributed by atoms with Crippen LogP contribution < -0.4 is 5.32 Å². The lowest BCUT2D eigenvalue weighted by Crippen LogP contribution is -2.50. The number of amides is 1. The highest BCUT2D eigenvalue weighted by Crippen LogP contribution is 2.54. The summed E-state index contributed by atoms with van der Waals surface area (Å²) < 4.78 is 5.00. The van der Waals surface area contributed by atoms with Gasteiger partial charge in [-0.25, -0.2) is 0 Å². The number of carbonyl (C=O) groups is 1. The molecule has 1 unspecified atom stereocenters. The molecule has 82 valence electrons. The van der Waals surface area contributed by atoms with E-state index in [2.05, 4.69) is 28.6 Å². The molecule has 0 aromatic carbocycles. The quantitative estimate of drug-likeness (QED) is 0.321. The highest BCUT2D eigenvalue weighted by molar-refractivity contribution is 9.22. The van der Waals surface area contributed by atoms with Crippen molar-refractivity contribution in [2.24, 2.45) is 0 Å². The summed E-state index contributed by atoms with van der Waals surface area (Å²) in [5.74, 6) is -0.331. The van der Waals surface area contributed by atoms with E-state index in [0.717, 1.165) is 12.8 Å². The lowest BCUT2D eigenvalue weighted by Gasteiger charge is -2.29. The normalized spacial score (nSPS) is 24.6. The highest BCUT2D eigenvalue weighted by Gasteiger charge is 2.33. The molecule has 0 bridgehead atoms. The predicted molar refractivity (Wildman–Crippen MR) is 67.0 cm³/mol. The van der Waals surface area contributed by atoms with Gasteiger partial charge in [-0.3, -0.25) is 4.79 Å². The molecule has 1 aliphatic rings. The van der Waals surface area contributed by atoms with E-state index in [-0.39, 0.29) is 11.2 Å². The van der Waals surface area contributed by atoms with Gasteiger partial charge in [0.2, 0.25) is 0 Å². The van der Waals surface area contributed by atoms with Crippen LogP contribution in [0.4, 0.5) is 4.79 Å². The van der Waals surface area contributed by atoms with E-state index in [1.54, 1.807) is 6.26 Å². The maximum Gasteiger partial charge on any atom is 0.478 e. The van der Waals surface area contributed by atoms with Crippen molar-refractivity contribution in [3.63, 3.8) is 0 Å². The SMILES string of the molecule is CS(S)(S)C(=O)NC1CCCOB1O. The van der Waals surface area contributed by atoms with Crippen LogP contribution in [0.15, 0.2) is 0 Å². The molecule has 0 spiro atoms. The van der Waals surface area contributed by atoms with Crippen LogP contribution in [0.2, 0.25) is 0 Å². The van der Waals surface area contributed by atoms with Crippen LogP contribution in [-0.4, -0.2) is 36.2 Å². The first-order chi connectivity index (χ1) is 6.41. The minimum Gasteiger partial charge on any atom is -0.426 e. The Balaban J connectivity index is 2.46. The second kappa shape index (κ2) is 5.02. The zero-order chi connectivity index (χ0) is 10.8. The number of carbonyl (C=O) groups excluding carboxylic acids is 1. The van der Waals surface area contributed by atoms with Crippen LogP contribution in [0.25, 0.3) is 0 Å². The first-order valence-electron chi connectivity index (χ1n) is 4.24. The number of hydrogen-bond donors (Lipinski definition) is 4. The van der Waals surface area contributed by atoms with E-state index in [0.29, 0.717) is 6.61 Å². The Hall–Kier alpha value is 0.505. The minimum atomic E-state index is -1.85. The summed E-state index contributed by atoms with van der Waals surface area (Å²) in [5.41, 5.74) is 0. The third-order valence-corrected chi connectivity index (χ3v) is 3.76. The zero-order valence-electron chi connectivity index (χ0n) is 7.84. The van der Waals surface area contributed by atoms with Crippen molar-refractivity contribution in [1.29, 1.82) is 0 Å². The summed E-state index contributed by atoms with van der Waals surface area (Å²) in [6, 6.07) is 0. The largest absolute Gasteiger partial charge is 0.478 e. The summed E-state index contributed by atoms with van der Waals surface area (Å²) in [6.07, 6.45) is 3.22. The average molecular weight is 255 g/mol. The summed E-state index contributed by atoms with van der Waals surface area (Å²) >= 11 is 8.18. The van der Waals surface area contributed by atoms with Gasteiger partial charge in [-0.2, -0.15) is 0 Å². The second-order valence-corrected chi connectivity index (χ2v) is 10.6. The molecule has 1 fully saturated rings. The van der Waals surface area contributed by atoms with Gasteiger partial charge in [0.1, 0.15) is 0 Å². The second-order valence-electron chi connectivity index (χ2n) is 3.28. The Morgan fingerprint density at radius 3 is 2.86 bits per heavy atom. The van der Waals surface area contributed by atoms with E-state index in [1.807, 2.05) is 0 Å². The summed E-state index contributed by atoms with van der Waals surface area (Å²) in [7, 11) is -2.76. The minimum absolute atomic E-state index is 0.237. The third-order valence-electron chi connectivity index (χ3n) is 1.95. The molecule has 1 aliphatic heterocycles. The van der Waals surface area contributed by atoms with Gasteiger partial charge < -0.3 is 15.0 Å². The summed E-state index contributed by atoms with van der Waals surface area (Å²) in [4.78, 5) is 11.5. The number of thiol groups is 2. The van der Waals surface area contributed by atoms with Crippen LogP contribution in [0.1, 0.15) is 12.8 Å². The molecule has 0 radical (unpaired) electrons. The Morgan fingerprint density at radius 2 is 2.36 bits per heavy atom. The first kappa shape index (κ1) is 12.6. The first-order valence-corrected chi connectivity index (χ1v) is 8.39. The molecule has 14 heavy (non-hydrogen) atoms. The molecule has 0 aromatic heterocycles. The zero-order valence-corrected chi connectivity index (χ0v) is 10.4. The van der Waals surface area contributed by atoms with Crippen LogP contribution in [0.3, 0.4) is 0 Å². The molecule has 4 nitrogen and oxygen atoms in total. The van der Waals surface area contributed by atoms with Gasteiger partial charge in [0.15, 0.2) is 0 Å². The maximum atomic E-state index is 11.5. The van der Waals surface area contributed by atoms with Crippen LogP contribution in [0.5, 0.6) is 0 Å². The van der Waals surface area contributed by atoms with Crippen molar-refractivity contribution in [3.05, 3.63) is 0 Å². The number of rotatable bonds is 1. The van der Waals surface area contributed by atoms with Gasteiger partial charge in [-0.15, -0.1) is 23.3 Å². The Bertz CT molecular complexity index is 223. The molecule has 0 saturated carbocycles. The standard InChI is InChI=1S/C6H14BNO3S3/c1-14(12,13)6(9)8-5-3-2-4-11-7(5)10/h5,10,12-13H,2-4H2,1H3,(H,8,9). The van der Waals surface area contributed by atoms with Gasteiger partial charge in [0.05, 0.1) is 5.94 Å². The number of nitrogens with one attached hydrogen (secondary N) is 1. The monoisotopic (exact) mass is 255 g/mol. The van der Waals surface area contributed by atoms with E-state index in [4.69, 9.17) is 4.65 Å². The average Bonchev–Trinajstić information content (AvgIpc) is 2.07. The van der Waals surface area contributed by atoms with E-state index < -0.39 is 15.2 Å². The predicted octanol–water partition coefficient (Wildman–Crippen LogP) is 1.02. The van der Waals surface area contributed by atoms with Gasteiger partial charge in [-0.05, 0) is 19.1 Å². The Kier molecular flexibility index (Phi) is 4.51. The Morgan fingerprint density at radius 1 is 1.71 bits per heavy atom. The molecule has 2 N–H and O–H groups in total. The molecule has 1 saturated heterocycles.